The van der Waals surface area contributed by atoms with E-state index in [0.717, 1.165) is 23.7 Å². The van der Waals surface area contributed by atoms with Gasteiger partial charge in [0.05, 0.1) is 13.3 Å². The maximum atomic E-state index is 5.69. The molecule has 4 heteroatoms. The Kier molecular flexibility index (Phi) is 5.61. The van der Waals surface area contributed by atoms with Crippen molar-refractivity contribution in [3.05, 3.63) is 24.0 Å². The third-order valence-electron chi connectivity index (χ3n) is 4.16. The molecule has 0 radical (unpaired) electrons. The number of nitrogens with zero attached hydrogens (tertiary/aromatic N) is 1. The Balaban J connectivity index is 1.91. The van der Waals surface area contributed by atoms with E-state index in [1.54, 1.807) is 13.3 Å². The van der Waals surface area contributed by atoms with Gasteiger partial charge in [-0.15, -0.1) is 0 Å². The SMILES string of the molecule is COc1cncc(C(CCC2CCCCC2)NN)c1. The maximum absolute atomic E-state index is 5.69. The van der Waals surface area contributed by atoms with E-state index in [1.807, 2.05) is 12.3 Å². The second-order valence-electron chi connectivity index (χ2n) is 5.46. The first-order chi connectivity index (χ1) is 9.33. The number of hydrogen-bond acceptors (Lipinski definition) is 4. The third kappa shape index (κ3) is 4.18. The standard InChI is InChI=1S/C15H25N3O/c1-19-14-9-13(10-17-11-14)15(18-16)8-7-12-5-3-2-4-6-12/h9-12,15,18H,2-8,16H2,1H3. The highest BCUT2D eigenvalue weighted by Crippen LogP contribution is 2.30. The summed E-state index contributed by atoms with van der Waals surface area (Å²) in [7, 11) is 1.66. The molecular formula is C15H25N3O. The Hall–Kier alpha value is -1.13. The van der Waals surface area contributed by atoms with Crippen molar-refractivity contribution in [1.29, 1.82) is 0 Å². The van der Waals surface area contributed by atoms with E-state index < -0.39 is 0 Å². The number of hydrazine groups is 1. The van der Waals surface area contributed by atoms with E-state index in [0.29, 0.717) is 0 Å². The van der Waals surface area contributed by atoms with Gasteiger partial charge in [0.2, 0.25) is 0 Å². The van der Waals surface area contributed by atoms with E-state index in [9.17, 15) is 0 Å². The minimum Gasteiger partial charge on any atom is -0.495 e. The van der Waals surface area contributed by atoms with Crippen LogP contribution in [0.15, 0.2) is 18.5 Å². The summed E-state index contributed by atoms with van der Waals surface area (Å²) in [4.78, 5) is 4.20. The fraction of sp³-hybridized carbons (Fsp3) is 0.667. The molecule has 0 aromatic carbocycles. The molecule has 1 fully saturated rings. The molecule has 0 spiro atoms. The van der Waals surface area contributed by atoms with Gasteiger partial charge in [-0.2, -0.15) is 0 Å². The number of ether oxygens (including phenoxy) is 1. The first-order valence-corrected chi connectivity index (χ1v) is 7.28. The van der Waals surface area contributed by atoms with Gasteiger partial charge in [-0.1, -0.05) is 32.1 Å². The fourth-order valence-electron chi connectivity index (χ4n) is 2.96. The van der Waals surface area contributed by atoms with Gasteiger partial charge in [0.1, 0.15) is 5.75 Å². The van der Waals surface area contributed by atoms with Crippen LogP contribution in [0.2, 0.25) is 0 Å². The summed E-state index contributed by atoms with van der Waals surface area (Å²) in [5, 5.41) is 0. The molecule has 2 rings (SSSR count). The molecule has 1 aromatic heterocycles. The van der Waals surface area contributed by atoms with Gasteiger partial charge < -0.3 is 4.74 Å². The predicted molar refractivity (Wildman–Crippen MR) is 76.7 cm³/mol. The van der Waals surface area contributed by atoms with Gasteiger partial charge in [0, 0.05) is 12.2 Å². The molecule has 3 N–H and O–H groups in total. The van der Waals surface area contributed by atoms with Gasteiger partial charge in [-0.3, -0.25) is 16.3 Å². The lowest BCUT2D eigenvalue weighted by Crippen LogP contribution is -2.28. The molecule has 4 nitrogen and oxygen atoms in total. The van der Waals surface area contributed by atoms with Crippen molar-refractivity contribution < 1.29 is 4.74 Å². The smallest absolute Gasteiger partial charge is 0.137 e. The number of rotatable bonds is 6. The van der Waals surface area contributed by atoms with Crippen LogP contribution in [0.3, 0.4) is 0 Å². The highest BCUT2D eigenvalue weighted by molar-refractivity contribution is 5.25. The molecule has 1 aromatic rings. The molecule has 19 heavy (non-hydrogen) atoms. The molecule has 1 heterocycles. The van der Waals surface area contributed by atoms with Crippen LogP contribution in [0.4, 0.5) is 0 Å². The Morgan fingerprint density at radius 2 is 2.16 bits per heavy atom. The Bertz CT molecular complexity index is 377. The molecule has 1 aliphatic carbocycles. The average Bonchev–Trinajstić information content (AvgIpc) is 2.49. The molecular weight excluding hydrogens is 238 g/mol. The zero-order chi connectivity index (χ0) is 13.5. The lowest BCUT2D eigenvalue weighted by atomic mass is 9.84. The lowest BCUT2D eigenvalue weighted by Gasteiger charge is -2.24. The first kappa shape index (κ1) is 14.3. The summed E-state index contributed by atoms with van der Waals surface area (Å²) in [6, 6.07) is 2.18. The quantitative estimate of drug-likeness (QED) is 0.612. The van der Waals surface area contributed by atoms with Crippen LogP contribution >= 0.6 is 0 Å². The highest BCUT2D eigenvalue weighted by Gasteiger charge is 2.17. The van der Waals surface area contributed by atoms with Crippen LogP contribution in [0.25, 0.3) is 0 Å². The second kappa shape index (κ2) is 7.46. The van der Waals surface area contributed by atoms with Crippen molar-refractivity contribution >= 4 is 0 Å². The van der Waals surface area contributed by atoms with Crippen molar-refractivity contribution in [1.82, 2.24) is 10.4 Å². The van der Waals surface area contributed by atoms with Crippen LogP contribution in [0.1, 0.15) is 56.6 Å². The highest BCUT2D eigenvalue weighted by atomic mass is 16.5. The molecule has 1 atom stereocenters. The van der Waals surface area contributed by atoms with Gasteiger partial charge in [-0.25, -0.2) is 0 Å². The van der Waals surface area contributed by atoms with Crippen molar-refractivity contribution in [2.45, 2.75) is 51.0 Å². The molecule has 0 saturated heterocycles. The average molecular weight is 263 g/mol. The van der Waals surface area contributed by atoms with Crippen LogP contribution in [-0.4, -0.2) is 12.1 Å². The van der Waals surface area contributed by atoms with Gasteiger partial charge in [0.25, 0.3) is 0 Å². The number of hydrogen-bond donors (Lipinski definition) is 2. The predicted octanol–water partition coefficient (Wildman–Crippen LogP) is 2.96. The fourth-order valence-corrected chi connectivity index (χ4v) is 2.96. The van der Waals surface area contributed by atoms with Crippen LogP contribution in [0.5, 0.6) is 5.75 Å². The number of pyridine rings is 1. The minimum absolute atomic E-state index is 0.171. The lowest BCUT2D eigenvalue weighted by molar-refractivity contribution is 0.314. The second-order valence-corrected chi connectivity index (χ2v) is 5.46. The first-order valence-electron chi connectivity index (χ1n) is 7.28. The molecule has 1 aliphatic rings. The van der Waals surface area contributed by atoms with E-state index in [4.69, 9.17) is 10.6 Å². The number of nitrogens with two attached hydrogens (primary N) is 1. The minimum atomic E-state index is 0.171. The molecule has 0 aliphatic heterocycles. The zero-order valence-corrected chi connectivity index (χ0v) is 11.8. The third-order valence-corrected chi connectivity index (χ3v) is 4.16. The molecule has 1 saturated carbocycles. The largest absolute Gasteiger partial charge is 0.495 e. The summed E-state index contributed by atoms with van der Waals surface area (Å²) in [5.41, 5.74) is 4.02. The number of nitrogens with one attached hydrogen (secondary N) is 1. The van der Waals surface area contributed by atoms with E-state index >= 15 is 0 Å². The van der Waals surface area contributed by atoms with E-state index in [2.05, 4.69) is 10.4 Å². The number of aromatic nitrogens is 1. The van der Waals surface area contributed by atoms with Crippen molar-refractivity contribution in [2.75, 3.05) is 7.11 Å². The Morgan fingerprint density at radius 3 is 2.84 bits per heavy atom. The van der Waals surface area contributed by atoms with E-state index in [1.165, 1.54) is 38.5 Å². The number of methoxy groups -OCH3 is 1. The summed E-state index contributed by atoms with van der Waals surface area (Å²) in [5.74, 6) is 7.36. The molecule has 0 amide bonds. The normalized spacial score (nSPS) is 18.2. The molecule has 1 unspecified atom stereocenters. The molecule has 0 bridgehead atoms. The van der Waals surface area contributed by atoms with Gasteiger partial charge in [-0.05, 0) is 30.4 Å². The molecule has 106 valence electrons. The van der Waals surface area contributed by atoms with Crippen molar-refractivity contribution in [3.63, 3.8) is 0 Å². The monoisotopic (exact) mass is 263 g/mol. The van der Waals surface area contributed by atoms with Crippen LogP contribution in [0, 0.1) is 5.92 Å². The summed E-state index contributed by atoms with van der Waals surface area (Å²) < 4.78 is 5.21. The Labute approximate surface area is 115 Å². The van der Waals surface area contributed by atoms with Crippen molar-refractivity contribution in [3.8, 4) is 5.75 Å². The summed E-state index contributed by atoms with van der Waals surface area (Å²) in [6.45, 7) is 0. The van der Waals surface area contributed by atoms with E-state index in [-0.39, 0.29) is 6.04 Å². The summed E-state index contributed by atoms with van der Waals surface area (Å²) in [6.07, 6.45) is 12.9. The topological polar surface area (TPSA) is 60.2 Å². The van der Waals surface area contributed by atoms with Gasteiger partial charge >= 0.3 is 0 Å². The Morgan fingerprint density at radius 1 is 1.37 bits per heavy atom. The van der Waals surface area contributed by atoms with Crippen LogP contribution in [-0.2, 0) is 0 Å². The maximum Gasteiger partial charge on any atom is 0.137 e. The van der Waals surface area contributed by atoms with Gasteiger partial charge in [0.15, 0.2) is 0 Å². The zero-order valence-electron chi connectivity index (χ0n) is 11.8. The van der Waals surface area contributed by atoms with Crippen molar-refractivity contribution in [2.24, 2.45) is 11.8 Å². The van der Waals surface area contributed by atoms with Crippen LogP contribution < -0.4 is 16.0 Å². The summed E-state index contributed by atoms with van der Waals surface area (Å²) >= 11 is 0.